The monoisotopic (exact) mass is 1180 g/mol. The number of carbonyl (C=O) groups is 2. The molecule has 16 atom stereocenters. The first-order valence-corrected chi connectivity index (χ1v) is 26.7. The summed E-state index contributed by atoms with van der Waals surface area (Å²) in [6, 6.07) is 0. The molecule has 11 rings (SSSR count). The molecule has 2 spiro atoms. The van der Waals surface area contributed by atoms with Gasteiger partial charge in [-0.1, -0.05) is 73.3 Å². The van der Waals surface area contributed by atoms with Crippen LogP contribution in [-0.2, 0) is 28.8 Å². The summed E-state index contributed by atoms with van der Waals surface area (Å²) in [5.74, 6) is 3.83. The molecule has 9 fully saturated rings. The summed E-state index contributed by atoms with van der Waals surface area (Å²) in [5.41, 5.74) is -1.30. The number of hydrogen-bond donors (Lipinski definition) is 1. The summed E-state index contributed by atoms with van der Waals surface area (Å²) < 4.78 is 12.4. The van der Waals surface area contributed by atoms with E-state index in [4.69, 9.17) is 19.2 Å². The van der Waals surface area contributed by atoms with Gasteiger partial charge in [-0.3, -0.25) is 19.4 Å². The minimum absolute atomic E-state index is 0. The maximum atomic E-state index is 13.5. The molecule has 12 unspecified atom stereocenters. The van der Waals surface area contributed by atoms with Gasteiger partial charge in [-0.25, -0.2) is 47.9 Å². The van der Waals surface area contributed by atoms with Crippen LogP contribution >= 0.6 is 0 Å². The van der Waals surface area contributed by atoms with E-state index in [1.165, 1.54) is 44.9 Å². The molecule has 0 aromatic rings. The first-order valence-electron chi connectivity index (χ1n) is 26.7. The summed E-state index contributed by atoms with van der Waals surface area (Å²) in [7, 11) is 0. The molecule has 8 aliphatic carbocycles. The maximum absolute atomic E-state index is 13.5. The Labute approximate surface area is 472 Å². The first-order chi connectivity index (χ1) is 31.1. The van der Waals surface area contributed by atoms with Crippen LogP contribution in [0.5, 0.6) is 0 Å². The van der Waals surface area contributed by atoms with Crippen molar-refractivity contribution in [2.45, 2.75) is 186 Å². The second-order valence-corrected chi connectivity index (χ2v) is 23.9. The molecule has 7 saturated carbocycles. The van der Waals surface area contributed by atoms with Gasteiger partial charge in [-0.15, -0.1) is 0 Å². The van der Waals surface area contributed by atoms with Crippen molar-refractivity contribution in [2.75, 3.05) is 39.3 Å². The third-order valence-electron chi connectivity index (χ3n) is 21.7. The Morgan fingerprint density at radius 3 is 1.81 bits per heavy atom. The average molecular weight is 1180 g/mol. The van der Waals surface area contributed by atoms with E-state index >= 15 is 0 Å². The van der Waals surface area contributed by atoms with E-state index in [9.17, 15) is 14.7 Å². The number of nitrogens with zero attached hydrogens (tertiary/aromatic N) is 2. The second-order valence-electron chi connectivity index (χ2n) is 23.9. The van der Waals surface area contributed by atoms with E-state index in [0.717, 1.165) is 69.6 Å². The van der Waals surface area contributed by atoms with Gasteiger partial charge < -0.3 is 14.6 Å². The standard InChI is InChI=1S/C54H80N2O7.C2H6.2Pr/c1-7-9-11-37-13-15-42-41-19-26-52(59)33-39(17-24-50(52,5)43(41)20-22-48(37,42)3)60-46(57)35-55-29-31-56(32-30-55)36-47(58)61-40-18-25-51(6)45-21-23-49(4)38(12-10-8-2)14-16-44(49)54(45)28-27-53(51,34-40)62-63-54;1-2;;/h7-10,27-28,37-45,59H,1-2,11-26,29-36H2,3-6H3;1-2H3;;/q-2;;;/b9-7+,10-8+;;;/t37?,38?,39?,40?,41?,42?,43?,44?,45-,48?,49?,50?,51?,52+,53-,54+;;;/m0.../s1. The maximum Gasteiger partial charge on any atom is 0.320 e. The molecule has 3 aliphatic heterocycles. The van der Waals surface area contributed by atoms with Crippen molar-refractivity contribution in [1.29, 1.82) is 0 Å². The molecule has 2 radical (unpaired) electrons. The predicted octanol–water partition coefficient (Wildman–Crippen LogP) is 10.4. The molecule has 11 aliphatic rings. The van der Waals surface area contributed by atoms with Crippen molar-refractivity contribution >= 4 is 11.9 Å². The number of esters is 2. The van der Waals surface area contributed by atoms with E-state index in [-0.39, 0.29) is 142 Å². The SMILES string of the molecule is CC.[CH2-]/C=C/CC1CCC2C3CC[C@@]4(O)CC(OC(=O)CN5CCN(CC(=O)OC6CCC7(C)[C@@H]8CCC9(C)C(C/C=C/[CH2-])CCC9[C@]89C=C[C@@]7(C6)OO9)CC5)CCC4(C)C3CCC12C.[Pr].[Pr]. The van der Waals surface area contributed by atoms with Crippen molar-refractivity contribution in [3.63, 3.8) is 0 Å². The summed E-state index contributed by atoms with van der Waals surface area (Å²) in [5, 5.41) is 12.4. The largest absolute Gasteiger partial charge is 0.461 e. The second kappa shape index (κ2) is 21.3. The number of ether oxygens (including phenoxy) is 2. The quantitative estimate of drug-likeness (QED) is 0.0993. The van der Waals surface area contributed by atoms with Crippen LogP contribution in [-0.4, -0.2) is 95.1 Å². The van der Waals surface area contributed by atoms with Gasteiger partial charge in [0.05, 0.1) is 18.7 Å². The summed E-state index contributed by atoms with van der Waals surface area (Å²) in [4.78, 5) is 44.3. The minimum Gasteiger partial charge on any atom is -0.461 e. The first kappa shape index (κ1) is 55.2. The fraction of sp³-hybridized carbons (Fsp3) is 0.821. The zero-order chi connectivity index (χ0) is 46.0. The van der Waals surface area contributed by atoms with E-state index in [0.29, 0.717) is 74.0 Å². The summed E-state index contributed by atoms with van der Waals surface area (Å²) >= 11 is 0. The third kappa shape index (κ3) is 9.27. The van der Waals surface area contributed by atoms with Crippen molar-refractivity contribution < 1.29 is 117 Å². The van der Waals surface area contributed by atoms with E-state index in [1.807, 2.05) is 26.0 Å². The van der Waals surface area contributed by atoms with E-state index < -0.39 is 11.2 Å². The molecule has 9 nitrogen and oxygen atoms in total. The van der Waals surface area contributed by atoms with Gasteiger partial charge in [-0.05, 0) is 129 Å². The molecule has 3 heterocycles. The van der Waals surface area contributed by atoms with Crippen LogP contribution in [0.2, 0.25) is 0 Å². The molecule has 2 bridgehead atoms. The van der Waals surface area contributed by atoms with Gasteiger partial charge in [-0.2, -0.15) is 0 Å². The number of rotatable bonds is 10. The van der Waals surface area contributed by atoms with Gasteiger partial charge in [0.2, 0.25) is 0 Å². The van der Waals surface area contributed by atoms with Crippen molar-refractivity contribution in [3.8, 4) is 0 Å². The number of fused-ring (bicyclic) bond motifs is 7. The van der Waals surface area contributed by atoms with Crippen LogP contribution in [0.25, 0.3) is 0 Å². The Kier molecular flexibility index (Phi) is 17.6. The number of piperazine rings is 1. The zero-order valence-corrected chi connectivity index (χ0v) is 49.9. The molecule has 67 heavy (non-hydrogen) atoms. The number of aliphatic hydroxyl groups is 1. The Hall–Kier alpha value is 0.427. The molecule has 0 aromatic heterocycles. The Morgan fingerprint density at radius 2 is 1.21 bits per heavy atom. The van der Waals surface area contributed by atoms with Gasteiger partial charge in [0, 0.05) is 139 Å². The van der Waals surface area contributed by atoms with Crippen molar-refractivity contribution in [3.05, 3.63) is 50.3 Å². The predicted molar refractivity (Wildman–Crippen MR) is 255 cm³/mol. The van der Waals surface area contributed by atoms with Gasteiger partial charge >= 0.3 is 11.9 Å². The van der Waals surface area contributed by atoms with Crippen LogP contribution in [0.4, 0.5) is 0 Å². The smallest absolute Gasteiger partial charge is 0.320 e. The topological polar surface area (TPSA) is 97.8 Å². The van der Waals surface area contributed by atoms with Crippen LogP contribution in [0.15, 0.2) is 36.5 Å². The zero-order valence-electron chi connectivity index (χ0n) is 42.5. The van der Waals surface area contributed by atoms with Crippen LogP contribution in [0.1, 0.15) is 157 Å². The average Bonchev–Trinajstić information content (AvgIpc) is 3.82. The Balaban J connectivity index is 0.00000164. The van der Waals surface area contributed by atoms with E-state index in [1.54, 1.807) is 0 Å². The molecular formula is C56H86N2O7Pr2-2. The van der Waals surface area contributed by atoms with Gasteiger partial charge in [0.15, 0.2) is 0 Å². The van der Waals surface area contributed by atoms with Gasteiger partial charge in [0.25, 0.3) is 0 Å². The van der Waals surface area contributed by atoms with Crippen LogP contribution < -0.4 is 0 Å². The van der Waals surface area contributed by atoms with Gasteiger partial charge in [0.1, 0.15) is 23.4 Å². The summed E-state index contributed by atoms with van der Waals surface area (Å²) in [6.45, 7) is 25.0. The third-order valence-corrected chi connectivity index (χ3v) is 21.7. The van der Waals surface area contributed by atoms with E-state index in [2.05, 4.69) is 75.6 Å². The number of allylic oxidation sites excluding steroid dienone is 4. The molecule has 0 amide bonds. The van der Waals surface area contributed by atoms with Crippen LogP contribution in [0.3, 0.4) is 0 Å². The van der Waals surface area contributed by atoms with Crippen LogP contribution in [0, 0.1) is 160 Å². The fourth-order valence-electron chi connectivity index (χ4n) is 17.9. The summed E-state index contributed by atoms with van der Waals surface area (Å²) in [6.07, 6.45) is 31.4. The molecule has 11 heteroatoms. The molecule has 0 aromatic carbocycles. The molecule has 1 N–H and O–H groups in total. The number of carbonyl (C=O) groups excluding carboxylic acids is 2. The fourth-order valence-corrected chi connectivity index (χ4v) is 17.9. The van der Waals surface area contributed by atoms with Crippen molar-refractivity contribution in [1.82, 2.24) is 9.80 Å². The Morgan fingerprint density at radius 1 is 0.642 bits per heavy atom. The normalized spacial score (nSPS) is 47.4. The molecule has 370 valence electrons. The Bertz CT molecular complexity index is 1860. The minimum atomic E-state index is -0.783. The molecular weight excluding hydrogens is 1090 g/mol. The number of hydrogen-bond acceptors (Lipinski definition) is 9. The van der Waals surface area contributed by atoms with Crippen molar-refractivity contribution in [2.24, 2.45) is 63.1 Å². The molecule has 2 saturated heterocycles.